The molecule has 0 bridgehead atoms. The number of aliphatic hydroxyl groups is 1. The molecule has 0 saturated carbocycles. The minimum absolute atomic E-state index is 0.144. The lowest BCUT2D eigenvalue weighted by atomic mass is 10.2. The van der Waals surface area contributed by atoms with Crippen molar-refractivity contribution in [1.82, 2.24) is 4.98 Å². The Balaban J connectivity index is 3.08. The Morgan fingerprint density at radius 1 is 1.48 bits per heavy atom. The molecular formula is C15H25N3O3. The molecule has 0 radical (unpaired) electrons. The summed E-state index contributed by atoms with van der Waals surface area (Å²) < 4.78 is 5.42. The first-order valence-corrected chi connectivity index (χ1v) is 7.10. The van der Waals surface area contributed by atoms with Crippen LogP contribution in [0.4, 0.5) is 10.5 Å². The summed E-state index contributed by atoms with van der Waals surface area (Å²) in [4.78, 5) is 18.0. The van der Waals surface area contributed by atoms with Gasteiger partial charge in [-0.1, -0.05) is 6.92 Å². The van der Waals surface area contributed by atoms with Gasteiger partial charge in [0, 0.05) is 6.54 Å². The van der Waals surface area contributed by atoms with Crippen molar-refractivity contribution >= 4 is 11.8 Å². The van der Waals surface area contributed by atoms with Gasteiger partial charge in [-0.15, -0.1) is 0 Å². The summed E-state index contributed by atoms with van der Waals surface area (Å²) in [6.07, 6.45) is 1.68. The highest BCUT2D eigenvalue weighted by Gasteiger charge is 2.28. The minimum Gasteiger partial charge on any atom is -0.443 e. The number of anilines is 1. The predicted octanol–water partition coefficient (Wildman–Crippen LogP) is 2.05. The van der Waals surface area contributed by atoms with Crippen molar-refractivity contribution in [2.45, 2.75) is 52.3 Å². The van der Waals surface area contributed by atoms with E-state index in [1.807, 2.05) is 6.92 Å². The van der Waals surface area contributed by atoms with Gasteiger partial charge in [0.05, 0.1) is 30.2 Å². The molecule has 3 N–H and O–H groups in total. The van der Waals surface area contributed by atoms with Crippen molar-refractivity contribution in [2.75, 3.05) is 11.5 Å². The maximum Gasteiger partial charge on any atom is 0.415 e. The molecule has 1 unspecified atom stereocenters. The number of pyridine rings is 1. The molecule has 0 aromatic carbocycles. The van der Waals surface area contributed by atoms with Crippen molar-refractivity contribution in [2.24, 2.45) is 5.73 Å². The number of amides is 1. The van der Waals surface area contributed by atoms with E-state index in [-0.39, 0.29) is 12.6 Å². The molecule has 21 heavy (non-hydrogen) atoms. The molecule has 1 aromatic rings. The highest BCUT2D eigenvalue weighted by Crippen LogP contribution is 2.21. The molecule has 0 spiro atoms. The van der Waals surface area contributed by atoms with Gasteiger partial charge in [0.25, 0.3) is 0 Å². The van der Waals surface area contributed by atoms with Gasteiger partial charge >= 0.3 is 6.09 Å². The lowest BCUT2D eigenvalue weighted by molar-refractivity contribution is 0.0549. The number of hydrogen-bond acceptors (Lipinski definition) is 5. The van der Waals surface area contributed by atoms with Gasteiger partial charge < -0.3 is 15.6 Å². The smallest absolute Gasteiger partial charge is 0.415 e. The van der Waals surface area contributed by atoms with Gasteiger partial charge in [-0.05, 0) is 39.3 Å². The fraction of sp³-hybridized carbons (Fsp3) is 0.600. The SMILES string of the molecule is CCC(CO)N(C(=O)OC(C)(C)C)c1ccc(CN)nc1. The van der Waals surface area contributed by atoms with Gasteiger partial charge in [0.2, 0.25) is 0 Å². The minimum atomic E-state index is -0.603. The Labute approximate surface area is 125 Å². The van der Waals surface area contributed by atoms with E-state index in [9.17, 15) is 9.90 Å². The number of aliphatic hydroxyl groups excluding tert-OH is 1. The Kier molecular flexibility index (Phi) is 6.11. The highest BCUT2D eigenvalue weighted by atomic mass is 16.6. The van der Waals surface area contributed by atoms with Crippen LogP contribution in [0.25, 0.3) is 0 Å². The summed E-state index contributed by atoms with van der Waals surface area (Å²) in [6.45, 7) is 7.51. The van der Waals surface area contributed by atoms with E-state index in [1.165, 1.54) is 4.90 Å². The third kappa shape index (κ3) is 4.99. The molecule has 6 nitrogen and oxygen atoms in total. The second-order valence-corrected chi connectivity index (χ2v) is 5.81. The van der Waals surface area contributed by atoms with Gasteiger partial charge in [-0.3, -0.25) is 9.88 Å². The molecule has 0 aliphatic carbocycles. The van der Waals surface area contributed by atoms with Gasteiger partial charge in [0.1, 0.15) is 5.60 Å². The predicted molar refractivity (Wildman–Crippen MR) is 82.0 cm³/mol. The fourth-order valence-electron chi connectivity index (χ4n) is 1.85. The zero-order valence-corrected chi connectivity index (χ0v) is 13.2. The number of ether oxygens (including phenoxy) is 1. The average Bonchev–Trinajstić information content (AvgIpc) is 2.42. The van der Waals surface area contributed by atoms with Crippen LogP contribution in [0.15, 0.2) is 18.3 Å². The van der Waals surface area contributed by atoms with E-state index in [1.54, 1.807) is 39.1 Å². The zero-order valence-electron chi connectivity index (χ0n) is 13.2. The number of nitrogens with zero attached hydrogens (tertiary/aromatic N) is 2. The van der Waals surface area contributed by atoms with Crippen LogP contribution in [0.1, 0.15) is 39.8 Å². The van der Waals surface area contributed by atoms with Crippen LogP contribution < -0.4 is 10.6 Å². The summed E-state index contributed by atoms with van der Waals surface area (Å²) in [5.74, 6) is 0. The summed E-state index contributed by atoms with van der Waals surface area (Å²) >= 11 is 0. The molecule has 118 valence electrons. The summed E-state index contributed by atoms with van der Waals surface area (Å²) in [6, 6.07) is 3.17. The normalized spacial score (nSPS) is 12.9. The second kappa shape index (κ2) is 7.38. The number of nitrogens with two attached hydrogens (primary N) is 1. The van der Waals surface area contributed by atoms with E-state index >= 15 is 0 Å². The first-order chi connectivity index (χ1) is 9.82. The van der Waals surface area contributed by atoms with Crippen molar-refractivity contribution in [3.63, 3.8) is 0 Å². The molecule has 1 heterocycles. The molecule has 6 heteroatoms. The van der Waals surface area contributed by atoms with E-state index in [0.717, 1.165) is 5.69 Å². The van der Waals surface area contributed by atoms with Crippen molar-refractivity contribution < 1.29 is 14.6 Å². The van der Waals surface area contributed by atoms with Gasteiger partial charge in [0.15, 0.2) is 0 Å². The number of aromatic nitrogens is 1. The van der Waals surface area contributed by atoms with Crippen LogP contribution in [0.3, 0.4) is 0 Å². The van der Waals surface area contributed by atoms with Crippen molar-refractivity contribution in [3.8, 4) is 0 Å². The number of hydrogen-bond donors (Lipinski definition) is 2. The first kappa shape index (κ1) is 17.4. The molecule has 1 amide bonds. The number of carbonyl (C=O) groups excluding carboxylic acids is 1. The maximum absolute atomic E-state index is 12.4. The van der Waals surface area contributed by atoms with E-state index in [2.05, 4.69) is 4.98 Å². The summed E-state index contributed by atoms with van der Waals surface area (Å²) in [5.41, 5.74) is 6.24. The average molecular weight is 295 g/mol. The first-order valence-electron chi connectivity index (χ1n) is 7.10. The van der Waals surface area contributed by atoms with Crippen molar-refractivity contribution in [1.29, 1.82) is 0 Å². The standard InChI is InChI=1S/C15H25N3O3/c1-5-12(10-19)18(14(20)21-15(2,3)4)13-7-6-11(8-16)17-9-13/h6-7,9,12,19H,5,8,10,16H2,1-4H3. The molecular weight excluding hydrogens is 270 g/mol. The number of carbonyl (C=O) groups is 1. The quantitative estimate of drug-likeness (QED) is 0.868. The van der Waals surface area contributed by atoms with Crippen LogP contribution in [-0.4, -0.2) is 34.4 Å². The molecule has 0 aliphatic heterocycles. The van der Waals surface area contributed by atoms with Crippen LogP contribution >= 0.6 is 0 Å². The van der Waals surface area contributed by atoms with Crippen LogP contribution in [0.2, 0.25) is 0 Å². The monoisotopic (exact) mass is 295 g/mol. The molecule has 1 atom stereocenters. The lowest BCUT2D eigenvalue weighted by Gasteiger charge is -2.32. The number of rotatable bonds is 5. The third-order valence-corrected chi connectivity index (χ3v) is 2.93. The van der Waals surface area contributed by atoms with Crippen molar-refractivity contribution in [3.05, 3.63) is 24.0 Å². The molecule has 0 fully saturated rings. The Bertz CT molecular complexity index is 450. The van der Waals surface area contributed by atoms with Crippen LogP contribution in [0.5, 0.6) is 0 Å². The highest BCUT2D eigenvalue weighted by molar-refractivity contribution is 5.88. The Morgan fingerprint density at radius 3 is 2.52 bits per heavy atom. The molecule has 0 saturated heterocycles. The summed E-state index contributed by atoms with van der Waals surface area (Å²) in [5, 5.41) is 9.52. The van der Waals surface area contributed by atoms with Crippen LogP contribution in [-0.2, 0) is 11.3 Å². The topological polar surface area (TPSA) is 88.7 Å². The van der Waals surface area contributed by atoms with Gasteiger partial charge in [-0.25, -0.2) is 4.79 Å². The fourth-order valence-corrected chi connectivity index (χ4v) is 1.85. The third-order valence-electron chi connectivity index (χ3n) is 2.93. The zero-order chi connectivity index (χ0) is 16.0. The maximum atomic E-state index is 12.4. The Hall–Kier alpha value is -1.66. The lowest BCUT2D eigenvalue weighted by Crippen LogP contribution is -2.45. The molecule has 1 rings (SSSR count). The van der Waals surface area contributed by atoms with E-state index in [0.29, 0.717) is 18.7 Å². The summed E-state index contributed by atoms with van der Waals surface area (Å²) in [7, 11) is 0. The van der Waals surface area contributed by atoms with Crippen LogP contribution in [0, 0.1) is 0 Å². The van der Waals surface area contributed by atoms with Gasteiger partial charge in [-0.2, -0.15) is 0 Å². The largest absolute Gasteiger partial charge is 0.443 e. The molecule has 0 aliphatic rings. The van der Waals surface area contributed by atoms with E-state index < -0.39 is 11.7 Å². The Morgan fingerprint density at radius 2 is 2.14 bits per heavy atom. The van der Waals surface area contributed by atoms with E-state index in [4.69, 9.17) is 10.5 Å². The molecule has 1 aromatic heterocycles. The second-order valence-electron chi connectivity index (χ2n) is 5.81.